The van der Waals surface area contributed by atoms with E-state index in [1.165, 1.54) is 0 Å². The lowest BCUT2D eigenvalue weighted by Crippen LogP contribution is -2.12. The molecule has 0 spiro atoms. The summed E-state index contributed by atoms with van der Waals surface area (Å²) < 4.78 is 0. The van der Waals surface area contributed by atoms with E-state index in [2.05, 4.69) is 4.98 Å². The molecule has 4 heteroatoms. The van der Waals surface area contributed by atoms with Crippen molar-refractivity contribution in [2.45, 2.75) is 6.92 Å². The van der Waals surface area contributed by atoms with Crippen LogP contribution in [-0.4, -0.2) is 16.4 Å². The fourth-order valence-corrected chi connectivity index (χ4v) is 1.57. The first-order chi connectivity index (χ1) is 7.15. The Morgan fingerprint density at radius 1 is 1.40 bits per heavy atom. The van der Waals surface area contributed by atoms with Crippen molar-refractivity contribution in [1.82, 2.24) is 4.98 Å². The van der Waals surface area contributed by atoms with Crippen molar-refractivity contribution in [3.63, 3.8) is 0 Å². The third-order valence-corrected chi connectivity index (χ3v) is 2.38. The first kappa shape index (κ1) is 9.45. The highest BCUT2D eigenvalue weighted by molar-refractivity contribution is 5.94. The molecule has 1 aromatic heterocycles. The SMILES string of the molecule is Cc1cccc2c(O)c(C=O)c(=O)[nH]c12. The van der Waals surface area contributed by atoms with Crippen LogP contribution in [0.2, 0.25) is 0 Å². The van der Waals surface area contributed by atoms with Gasteiger partial charge in [-0.25, -0.2) is 0 Å². The molecule has 0 atom stereocenters. The number of rotatable bonds is 1. The molecule has 0 aliphatic carbocycles. The molecular weight excluding hydrogens is 194 g/mol. The number of pyridine rings is 1. The number of carbonyl (C=O) groups is 1. The summed E-state index contributed by atoms with van der Waals surface area (Å²) >= 11 is 0. The number of aromatic amines is 1. The zero-order valence-corrected chi connectivity index (χ0v) is 8.07. The van der Waals surface area contributed by atoms with Crippen LogP contribution in [0.3, 0.4) is 0 Å². The van der Waals surface area contributed by atoms with Crippen LogP contribution < -0.4 is 5.56 Å². The molecule has 0 aliphatic heterocycles. The number of H-pyrrole nitrogens is 1. The first-order valence-electron chi connectivity index (χ1n) is 4.45. The summed E-state index contributed by atoms with van der Waals surface area (Å²) in [5.41, 5.74) is 0.611. The van der Waals surface area contributed by atoms with Crippen LogP contribution >= 0.6 is 0 Å². The van der Waals surface area contributed by atoms with Gasteiger partial charge in [0.25, 0.3) is 5.56 Å². The number of hydrogen-bond donors (Lipinski definition) is 2. The predicted molar refractivity (Wildman–Crippen MR) is 56.4 cm³/mol. The van der Waals surface area contributed by atoms with Crippen molar-refractivity contribution in [3.8, 4) is 5.75 Å². The number of nitrogens with one attached hydrogen (secondary N) is 1. The number of fused-ring (bicyclic) bond motifs is 1. The van der Waals surface area contributed by atoms with Crippen LogP contribution in [0.1, 0.15) is 15.9 Å². The average Bonchev–Trinajstić information content (AvgIpc) is 2.20. The topological polar surface area (TPSA) is 70.2 Å². The maximum atomic E-state index is 11.4. The Labute approximate surface area is 85.2 Å². The quantitative estimate of drug-likeness (QED) is 0.687. The molecule has 2 aromatic rings. The normalized spacial score (nSPS) is 10.5. The van der Waals surface area contributed by atoms with E-state index in [9.17, 15) is 14.7 Å². The molecule has 0 saturated carbocycles. The smallest absolute Gasteiger partial charge is 0.262 e. The van der Waals surface area contributed by atoms with E-state index in [0.717, 1.165) is 5.56 Å². The van der Waals surface area contributed by atoms with Gasteiger partial charge in [0, 0.05) is 5.39 Å². The van der Waals surface area contributed by atoms with Gasteiger partial charge in [0.05, 0.1) is 5.52 Å². The highest BCUT2D eigenvalue weighted by atomic mass is 16.3. The van der Waals surface area contributed by atoms with Gasteiger partial charge in [0.2, 0.25) is 0 Å². The molecule has 1 heterocycles. The van der Waals surface area contributed by atoms with E-state index >= 15 is 0 Å². The van der Waals surface area contributed by atoms with Gasteiger partial charge in [0.1, 0.15) is 11.3 Å². The van der Waals surface area contributed by atoms with Crippen LogP contribution in [0.25, 0.3) is 10.9 Å². The van der Waals surface area contributed by atoms with Crippen LogP contribution in [0, 0.1) is 6.92 Å². The number of carbonyl (C=O) groups excluding carboxylic acids is 1. The summed E-state index contributed by atoms with van der Waals surface area (Å²) in [5, 5.41) is 10.2. The molecule has 15 heavy (non-hydrogen) atoms. The Hall–Kier alpha value is -2.10. The summed E-state index contributed by atoms with van der Waals surface area (Å²) in [4.78, 5) is 24.6. The maximum Gasteiger partial charge on any atom is 0.262 e. The number of para-hydroxylation sites is 1. The second kappa shape index (κ2) is 3.24. The number of aromatic hydroxyl groups is 1. The van der Waals surface area contributed by atoms with Gasteiger partial charge in [-0.05, 0) is 18.6 Å². The highest BCUT2D eigenvalue weighted by Gasteiger charge is 2.11. The minimum absolute atomic E-state index is 0.229. The van der Waals surface area contributed by atoms with Gasteiger partial charge < -0.3 is 10.1 Å². The molecule has 4 nitrogen and oxygen atoms in total. The Balaban J connectivity index is 3.04. The zero-order valence-electron chi connectivity index (χ0n) is 8.07. The molecule has 1 aromatic carbocycles. The van der Waals surface area contributed by atoms with Crippen molar-refractivity contribution in [2.75, 3.05) is 0 Å². The zero-order chi connectivity index (χ0) is 11.0. The standard InChI is InChI=1S/C11H9NO3/c1-6-3-2-4-7-9(6)12-11(15)8(5-13)10(7)14/h2-5H,1H3,(H2,12,14,15). The third-order valence-electron chi connectivity index (χ3n) is 2.38. The van der Waals surface area contributed by atoms with E-state index in [-0.39, 0.29) is 11.3 Å². The van der Waals surface area contributed by atoms with E-state index in [0.29, 0.717) is 17.2 Å². The molecule has 2 N–H and O–H groups in total. The summed E-state index contributed by atoms with van der Waals surface area (Å²) in [6.45, 7) is 1.82. The van der Waals surface area contributed by atoms with E-state index in [4.69, 9.17) is 0 Å². The van der Waals surface area contributed by atoms with Crippen molar-refractivity contribution in [1.29, 1.82) is 0 Å². The molecule has 0 unspecified atom stereocenters. The molecular formula is C11H9NO3. The van der Waals surface area contributed by atoms with Crippen LogP contribution in [-0.2, 0) is 0 Å². The lowest BCUT2D eigenvalue weighted by atomic mass is 10.1. The second-order valence-corrected chi connectivity index (χ2v) is 3.33. The first-order valence-corrected chi connectivity index (χ1v) is 4.45. The van der Waals surface area contributed by atoms with Gasteiger partial charge in [-0.1, -0.05) is 12.1 Å². The van der Waals surface area contributed by atoms with Gasteiger partial charge >= 0.3 is 0 Å². The molecule has 0 fully saturated rings. The number of aromatic nitrogens is 1. The average molecular weight is 203 g/mol. The van der Waals surface area contributed by atoms with Crippen molar-refractivity contribution in [3.05, 3.63) is 39.7 Å². The predicted octanol–water partition coefficient (Wildman–Crippen LogP) is 1.35. The minimum atomic E-state index is -0.565. The Bertz CT molecular complexity index is 599. The monoisotopic (exact) mass is 203 g/mol. The fourth-order valence-electron chi connectivity index (χ4n) is 1.57. The fraction of sp³-hybridized carbons (Fsp3) is 0.0909. The van der Waals surface area contributed by atoms with Gasteiger partial charge in [-0.15, -0.1) is 0 Å². The highest BCUT2D eigenvalue weighted by Crippen LogP contribution is 2.25. The summed E-state index contributed by atoms with van der Waals surface area (Å²) in [5.74, 6) is -0.257. The van der Waals surface area contributed by atoms with Gasteiger partial charge in [-0.2, -0.15) is 0 Å². The molecule has 0 aliphatic rings. The minimum Gasteiger partial charge on any atom is -0.506 e. The maximum absolute atomic E-state index is 11.4. The van der Waals surface area contributed by atoms with Crippen LogP contribution in [0.15, 0.2) is 23.0 Å². The number of benzene rings is 1. The van der Waals surface area contributed by atoms with Crippen LogP contribution in [0.4, 0.5) is 0 Å². The van der Waals surface area contributed by atoms with Crippen molar-refractivity contribution in [2.24, 2.45) is 0 Å². The Kier molecular flexibility index (Phi) is 2.04. The second-order valence-electron chi connectivity index (χ2n) is 3.33. The molecule has 0 radical (unpaired) electrons. The summed E-state index contributed by atoms with van der Waals surface area (Å²) in [6, 6.07) is 5.23. The Morgan fingerprint density at radius 3 is 2.80 bits per heavy atom. The van der Waals surface area contributed by atoms with Crippen molar-refractivity contribution < 1.29 is 9.90 Å². The molecule has 2 rings (SSSR count). The number of aryl methyl sites for hydroxylation is 1. The summed E-state index contributed by atoms with van der Waals surface area (Å²) in [6.07, 6.45) is 0.357. The molecule has 76 valence electrons. The Morgan fingerprint density at radius 2 is 2.13 bits per heavy atom. The summed E-state index contributed by atoms with van der Waals surface area (Å²) in [7, 11) is 0. The van der Waals surface area contributed by atoms with E-state index < -0.39 is 5.56 Å². The van der Waals surface area contributed by atoms with Gasteiger partial charge in [-0.3, -0.25) is 9.59 Å². The molecule has 0 bridgehead atoms. The van der Waals surface area contributed by atoms with E-state index in [1.54, 1.807) is 12.1 Å². The van der Waals surface area contributed by atoms with E-state index in [1.807, 2.05) is 13.0 Å². The largest absolute Gasteiger partial charge is 0.506 e. The third kappa shape index (κ3) is 1.30. The molecule has 0 amide bonds. The molecule has 0 saturated heterocycles. The van der Waals surface area contributed by atoms with Crippen LogP contribution in [0.5, 0.6) is 5.75 Å². The number of aldehydes is 1. The van der Waals surface area contributed by atoms with Crippen molar-refractivity contribution >= 4 is 17.2 Å². The number of hydrogen-bond acceptors (Lipinski definition) is 3. The lowest BCUT2D eigenvalue weighted by molar-refractivity contribution is 0.112. The van der Waals surface area contributed by atoms with Gasteiger partial charge in [0.15, 0.2) is 6.29 Å². The lowest BCUT2D eigenvalue weighted by Gasteiger charge is -2.04.